The fourth-order valence-corrected chi connectivity index (χ4v) is 4.22. The first-order valence-corrected chi connectivity index (χ1v) is 11.1. The van der Waals surface area contributed by atoms with E-state index in [4.69, 9.17) is 16.3 Å². The minimum absolute atomic E-state index is 0.0279. The number of amides is 1. The molecule has 3 rings (SSSR count). The molecular formula is C22H21ClN2O4S. The zero-order valence-corrected chi connectivity index (χ0v) is 18.0. The van der Waals surface area contributed by atoms with Gasteiger partial charge in [-0.1, -0.05) is 17.7 Å². The van der Waals surface area contributed by atoms with E-state index in [-0.39, 0.29) is 10.5 Å². The van der Waals surface area contributed by atoms with Crippen molar-refractivity contribution in [3.05, 3.63) is 82.9 Å². The van der Waals surface area contributed by atoms with Crippen LogP contribution in [0, 0.1) is 6.92 Å². The molecule has 3 aromatic rings. The number of carbonyl (C=O) groups excluding carboxylic acids is 1. The summed E-state index contributed by atoms with van der Waals surface area (Å²) in [4.78, 5) is 12.6. The van der Waals surface area contributed by atoms with Gasteiger partial charge in [-0.15, -0.1) is 0 Å². The smallest absolute Gasteiger partial charge is 0.262 e. The third-order valence-electron chi connectivity index (χ3n) is 4.26. The minimum atomic E-state index is -3.89. The van der Waals surface area contributed by atoms with Crippen LogP contribution in [0.3, 0.4) is 0 Å². The average molecular weight is 445 g/mol. The molecular weight excluding hydrogens is 424 g/mol. The number of hydrogen-bond acceptors (Lipinski definition) is 4. The van der Waals surface area contributed by atoms with Crippen molar-refractivity contribution < 1.29 is 17.9 Å². The Morgan fingerprint density at radius 3 is 2.23 bits per heavy atom. The number of hydrogen-bond donors (Lipinski definition) is 2. The molecule has 0 bridgehead atoms. The Hall–Kier alpha value is -3.03. The number of anilines is 2. The van der Waals surface area contributed by atoms with Crippen LogP contribution in [-0.2, 0) is 10.0 Å². The van der Waals surface area contributed by atoms with Gasteiger partial charge in [0.05, 0.1) is 11.5 Å². The van der Waals surface area contributed by atoms with Crippen LogP contribution in [0.25, 0.3) is 0 Å². The number of nitrogens with one attached hydrogen (secondary N) is 2. The summed E-state index contributed by atoms with van der Waals surface area (Å²) in [5, 5.41) is 3.28. The Morgan fingerprint density at radius 2 is 1.60 bits per heavy atom. The zero-order chi connectivity index (χ0) is 21.7. The molecule has 0 aliphatic heterocycles. The van der Waals surface area contributed by atoms with E-state index in [1.165, 1.54) is 6.07 Å². The van der Waals surface area contributed by atoms with Gasteiger partial charge < -0.3 is 10.1 Å². The maximum Gasteiger partial charge on any atom is 0.262 e. The van der Waals surface area contributed by atoms with E-state index >= 15 is 0 Å². The van der Waals surface area contributed by atoms with Gasteiger partial charge in [-0.05, 0) is 80.1 Å². The van der Waals surface area contributed by atoms with Crippen LogP contribution in [0.4, 0.5) is 11.4 Å². The van der Waals surface area contributed by atoms with Crippen molar-refractivity contribution in [2.45, 2.75) is 18.7 Å². The zero-order valence-electron chi connectivity index (χ0n) is 16.5. The third kappa shape index (κ3) is 5.31. The Morgan fingerprint density at radius 1 is 0.967 bits per heavy atom. The highest BCUT2D eigenvalue weighted by Gasteiger charge is 2.19. The maximum absolute atomic E-state index is 12.9. The Labute approximate surface area is 180 Å². The molecule has 8 heteroatoms. The van der Waals surface area contributed by atoms with E-state index in [9.17, 15) is 13.2 Å². The van der Waals surface area contributed by atoms with Gasteiger partial charge in [0.15, 0.2) is 0 Å². The van der Waals surface area contributed by atoms with E-state index in [0.29, 0.717) is 34.3 Å². The van der Waals surface area contributed by atoms with Gasteiger partial charge in [0.2, 0.25) is 0 Å². The van der Waals surface area contributed by atoms with Crippen LogP contribution < -0.4 is 14.8 Å². The van der Waals surface area contributed by atoms with Crippen molar-refractivity contribution in [1.82, 2.24) is 0 Å². The van der Waals surface area contributed by atoms with E-state index in [1.54, 1.807) is 67.6 Å². The number of halogens is 1. The first-order valence-electron chi connectivity index (χ1n) is 9.22. The fourth-order valence-electron chi connectivity index (χ4n) is 2.76. The predicted octanol–water partition coefficient (Wildman–Crippen LogP) is 5.10. The van der Waals surface area contributed by atoms with Crippen molar-refractivity contribution in [2.75, 3.05) is 16.6 Å². The summed E-state index contributed by atoms with van der Waals surface area (Å²) in [6.45, 7) is 4.07. The number of rotatable bonds is 7. The van der Waals surface area contributed by atoms with E-state index in [1.807, 2.05) is 6.92 Å². The van der Waals surface area contributed by atoms with E-state index < -0.39 is 15.9 Å². The molecule has 2 N–H and O–H groups in total. The lowest BCUT2D eigenvalue weighted by atomic mass is 10.1. The van der Waals surface area contributed by atoms with Gasteiger partial charge in [0.1, 0.15) is 5.75 Å². The molecule has 0 spiro atoms. The van der Waals surface area contributed by atoms with Crippen LogP contribution in [0.1, 0.15) is 22.8 Å². The molecule has 0 aliphatic carbocycles. The molecule has 0 unspecified atom stereocenters. The molecule has 0 atom stereocenters. The topological polar surface area (TPSA) is 84.5 Å². The average Bonchev–Trinajstić information content (AvgIpc) is 2.71. The Bertz CT molecular complexity index is 1140. The molecule has 0 heterocycles. The van der Waals surface area contributed by atoms with Gasteiger partial charge in [0.25, 0.3) is 15.9 Å². The second kappa shape index (κ2) is 9.19. The highest BCUT2D eigenvalue weighted by atomic mass is 35.5. The normalized spacial score (nSPS) is 11.0. The second-order valence-corrected chi connectivity index (χ2v) is 8.59. The number of benzene rings is 3. The molecule has 0 aromatic heterocycles. The number of ether oxygens (including phenoxy) is 1. The lowest BCUT2D eigenvalue weighted by Crippen LogP contribution is -2.17. The van der Waals surface area contributed by atoms with E-state index in [0.717, 1.165) is 0 Å². The molecule has 0 saturated carbocycles. The van der Waals surface area contributed by atoms with Gasteiger partial charge in [-0.3, -0.25) is 9.52 Å². The summed E-state index contributed by atoms with van der Waals surface area (Å²) in [5.74, 6) is 0.229. The van der Waals surface area contributed by atoms with Crippen LogP contribution in [0.2, 0.25) is 5.02 Å². The summed E-state index contributed by atoms with van der Waals surface area (Å²) < 4.78 is 33.7. The van der Waals surface area contributed by atoms with Crippen LogP contribution in [0.5, 0.6) is 5.75 Å². The third-order valence-corrected chi connectivity index (χ3v) is 6.03. The van der Waals surface area contributed by atoms with Crippen molar-refractivity contribution >= 4 is 38.9 Å². The standard InChI is InChI=1S/C22H21ClN2O4S/c1-3-29-20-12-10-19(11-13-20)25-30(27,28)21-14-16(5-4-15(21)2)22(26)24-18-8-6-17(23)7-9-18/h4-14,25H,3H2,1-2H3,(H,24,26). The van der Waals surface area contributed by atoms with Crippen LogP contribution in [-0.4, -0.2) is 20.9 Å². The molecule has 30 heavy (non-hydrogen) atoms. The molecule has 1 amide bonds. The fraction of sp³-hybridized carbons (Fsp3) is 0.136. The Balaban J connectivity index is 1.82. The van der Waals surface area contributed by atoms with E-state index in [2.05, 4.69) is 10.0 Å². The quantitative estimate of drug-likeness (QED) is 0.531. The Kier molecular flexibility index (Phi) is 6.64. The largest absolute Gasteiger partial charge is 0.494 e. The van der Waals surface area contributed by atoms with Crippen molar-refractivity contribution in [3.8, 4) is 5.75 Å². The second-order valence-electron chi connectivity index (χ2n) is 6.50. The number of aryl methyl sites for hydroxylation is 1. The lowest BCUT2D eigenvalue weighted by molar-refractivity contribution is 0.102. The van der Waals surface area contributed by atoms with Crippen LogP contribution >= 0.6 is 11.6 Å². The monoisotopic (exact) mass is 444 g/mol. The minimum Gasteiger partial charge on any atom is -0.494 e. The molecule has 0 fully saturated rings. The highest BCUT2D eigenvalue weighted by molar-refractivity contribution is 7.92. The lowest BCUT2D eigenvalue weighted by Gasteiger charge is -2.13. The van der Waals surface area contributed by atoms with Crippen molar-refractivity contribution in [1.29, 1.82) is 0 Å². The van der Waals surface area contributed by atoms with Crippen molar-refractivity contribution in [3.63, 3.8) is 0 Å². The summed E-state index contributed by atoms with van der Waals surface area (Å²) in [5.41, 5.74) is 1.70. The summed E-state index contributed by atoms with van der Waals surface area (Å²) in [7, 11) is -3.89. The van der Waals surface area contributed by atoms with Gasteiger partial charge in [-0.25, -0.2) is 8.42 Å². The molecule has 3 aromatic carbocycles. The molecule has 0 aliphatic rings. The molecule has 0 radical (unpaired) electrons. The van der Waals surface area contributed by atoms with Gasteiger partial charge in [0, 0.05) is 22.0 Å². The summed E-state index contributed by atoms with van der Waals surface area (Å²) >= 11 is 5.85. The SMILES string of the molecule is CCOc1ccc(NS(=O)(=O)c2cc(C(=O)Nc3ccc(Cl)cc3)ccc2C)cc1. The first kappa shape index (κ1) is 21.7. The van der Waals surface area contributed by atoms with Gasteiger partial charge in [-0.2, -0.15) is 0 Å². The maximum atomic E-state index is 12.9. The highest BCUT2D eigenvalue weighted by Crippen LogP contribution is 2.23. The molecule has 6 nitrogen and oxygen atoms in total. The molecule has 156 valence electrons. The van der Waals surface area contributed by atoms with Crippen LogP contribution in [0.15, 0.2) is 71.6 Å². The number of carbonyl (C=O) groups is 1. The summed E-state index contributed by atoms with van der Waals surface area (Å²) in [6.07, 6.45) is 0. The summed E-state index contributed by atoms with van der Waals surface area (Å²) in [6, 6.07) is 17.8. The van der Waals surface area contributed by atoms with Crippen molar-refractivity contribution in [2.24, 2.45) is 0 Å². The first-order chi connectivity index (χ1) is 14.3. The predicted molar refractivity (Wildman–Crippen MR) is 119 cm³/mol. The number of sulfonamides is 1. The molecule has 0 saturated heterocycles. The van der Waals surface area contributed by atoms with Gasteiger partial charge >= 0.3 is 0 Å².